The van der Waals surface area contributed by atoms with Crippen LogP contribution in [0, 0.1) is 6.07 Å². The summed E-state index contributed by atoms with van der Waals surface area (Å²) in [5.41, 5.74) is 2.08. The molecule has 0 heterocycles. The molecule has 0 amide bonds. The lowest BCUT2D eigenvalue weighted by atomic mass is 10.2. The first-order chi connectivity index (χ1) is 7.68. The molecule has 0 aliphatic heterocycles. The molecule has 0 fully saturated rings. The average molecular weight is 251 g/mol. The number of halogens is 2. The van der Waals surface area contributed by atoms with Gasteiger partial charge in [-0.15, -0.1) is 0 Å². The molecule has 0 bridgehead atoms. The molecule has 0 saturated carbocycles. The number of hydrogen-bond acceptors (Lipinski definition) is 1. The lowest BCUT2D eigenvalue weighted by Crippen LogP contribution is -2.08. The van der Waals surface area contributed by atoms with Gasteiger partial charge in [-0.25, -0.2) is 0 Å². The van der Waals surface area contributed by atoms with Crippen LogP contribution in [-0.2, 0) is 0 Å². The van der Waals surface area contributed by atoms with Gasteiger partial charge in [-0.3, -0.25) is 0 Å². The molecule has 3 heteroatoms. The zero-order valence-electron chi connectivity index (χ0n) is 8.74. The van der Waals surface area contributed by atoms with Crippen molar-refractivity contribution in [1.82, 2.24) is 0 Å². The van der Waals surface area contributed by atoms with E-state index in [-0.39, 0.29) is 0 Å². The summed E-state index contributed by atoms with van der Waals surface area (Å²) in [7, 11) is 1.98. The summed E-state index contributed by atoms with van der Waals surface area (Å²) in [6.07, 6.45) is 0. The Bertz CT molecular complexity index is 483. The maximum absolute atomic E-state index is 5.98. The number of hydrogen-bond donors (Lipinski definition) is 0. The van der Waals surface area contributed by atoms with Crippen molar-refractivity contribution < 1.29 is 0 Å². The van der Waals surface area contributed by atoms with Crippen molar-refractivity contribution in [2.24, 2.45) is 0 Å². The van der Waals surface area contributed by atoms with Crippen LogP contribution in [0.4, 0.5) is 11.4 Å². The molecule has 16 heavy (non-hydrogen) atoms. The number of anilines is 2. The molecule has 2 rings (SSSR count). The fourth-order valence-corrected chi connectivity index (χ4v) is 1.74. The molecule has 1 nitrogen and oxygen atoms in total. The molecule has 1 radical (unpaired) electrons. The molecule has 0 aliphatic carbocycles. The minimum atomic E-state index is 0.563. The third-order valence-corrected chi connectivity index (χ3v) is 3.12. The van der Waals surface area contributed by atoms with E-state index in [1.165, 1.54) is 0 Å². The van der Waals surface area contributed by atoms with E-state index in [1.807, 2.05) is 48.3 Å². The largest absolute Gasteiger partial charge is 0.345 e. The normalized spacial score (nSPS) is 10.2. The highest BCUT2D eigenvalue weighted by molar-refractivity contribution is 6.42. The Morgan fingerprint density at radius 3 is 2.25 bits per heavy atom. The van der Waals surface area contributed by atoms with Gasteiger partial charge in [-0.1, -0.05) is 35.3 Å². The lowest BCUT2D eigenvalue weighted by Gasteiger charge is -2.19. The maximum Gasteiger partial charge on any atom is 0.0613 e. The Balaban J connectivity index is 2.34. The van der Waals surface area contributed by atoms with E-state index in [9.17, 15) is 0 Å². The zero-order valence-corrected chi connectivity index (χ0v) is 10.3. The topological polar surface area (TPSA) is 3.24 Å². The van der Waals surface area contributed by atoms with Crippen molar-refractivity contribution >= 4 is 34.6 Å². The van der Waals surface area contributed by atoms with E-state index in [0.717, 1.165) is 11.4 Å². The summed E-state index contributed by atoms with van der Waals surface area (Å²) in [4.78, 5) is 2.04. The highest BCUT2D eigenvalue weighted by Gasteiger charge is 2.05. The van der Waals surface area contributed by atoms with Crippen molar-refractivity contribution in [2.45, 2.75) is 0 Å². The van der Waals surface area contributed by atoms with Gasteiger partial charge >= 0.3 is 0 Å². The zero-order chi connectivity index (χ0) is 11.5. The van der Waals surface area contributed by atoms with Gasteiger partial charge in [0.2, 0.25) is 0 Å². The third kappa shape index (κ3) is 2.31. The van der Waals surface area contributed by atoms with Gasteiger partial charge in [-0.2, -0.15) is 0 Å². The Labute approximate surface area is 105 Å². The summed E-state index contributed by atoms with van der Waals surface area (Å²) >= 11 is 11.9. The molecular weight excluding hydrogens is 241 g/mol. The quantitative estimate of drug-likeness (QED) is 0.756. The van der Waals surface area contributed by atoms with Gasteiger partial charge in [0, 0.05) is 18.4 Å². The van der Waals surface area contributed by atoms with E-state index >= 15 is 0 Å². The molecule has 0 unspecified atom stereocenters. The van der Waals surface area contributed by atoms with Crippen LogP contribution in [-0.4, -0.2) is 7.05 Å². The molecule has 2 aromatic carbocycles. The number of nitrogens with zero attached hydrogens (tertiary/aromatic N) is 1. The van der Waals surface area contributed by atoms with Crippen LogP contribution in [0.25, 0.3) is 0 Å². The van der Waals surface area contributed by atoms with E-state index in [4.69, 9.17) is 23.2 Å². The standard InChI is InChI=1S/C13H10Cl2N/c1-16(10-5-3-2-4-6-10)11-7-8-12(14)13(15)9-11/h3-9H,1H3. The van der Waals surface area contributed by atoms with Crippen LogP contribution >= 0.6 is 23.2 Å². The molecule has 0 aromatic heterocycles. The van der Waals surface area contributed by atoms with Crippen molar-refractivity contribution in [3.05, 3.63) is 58.6 Å². The summed E-state index contributed by atoms with van der Waals surface area (Å²) < 4.78 is 0. The van der Waals surface area contributed by atoms with E-state index < -0.39 is 0 Å². The van der Waals surface area contributed by atoms with Crippen LogP contribution in [0.1, 0.15) is 0 Å². The monoisotopic (exact) mass is 250 g/mol. The SMILES string of the molecule is CN(c1cc[c]cc1)c1ccc(Cl)c(Cl)c1. The lowest BCUT2D eigenvalue weighted by molar-refractivity contribution is 1.21. The first kappa shape index (κ1) is 11.3. The Morgan fingerprint density at radius 2 is 1.62 bits per heavy atom. The fourth-order valence-electron chi connectivity index (χ4n) is 1.44. The molecular formula is C13H10Cl2N. The first-order valence-electron chi connectivity index (χ1n) is 4.83. The molecule has 0 aliphatic rings. The molecule has 81 valence electrons. The predicted molar refractivity (Wildman–Crippen MR) is 69.8 cm³/mol. The highest BCUT2D eigenvalue weighted by Crippen LogP contribution is 2.29. The summed E-state index contributed by atoms with van der Waals surface area (Å²) in [6.45, 7) is 0. The van der Waals surface area contributed by atoms with Gasteiger partial charge in [-0.05, 0) is 36.4 Å². The van der Waals surface area contributed by atoms with Crippen molar-refractivity contribution in [1.29, 1.82) is 0 Å². The second-order valence-corrected chi connectivity index (χ2v) is 4.23. The second kappa shape index (κ2) is 4.77. The van der Waals surface area contributed by atoms with Crippen LogP contribution in [0.15, 0.2) is 42.5 Å². The van der Waals surface area contributed by atoms with Crippen molar-refractivity contribution in [3.8, 4) is 0 Å². The van der Waals surface area contributed by atoms with Crippen molar-refractivity contribution in [2.75, 3.05) is 11.9 Å². The summed E-state index contributed by atoms with van der Waals surface area (Å²) in [6, 6.07) is 16.3. The predicted octanol–water partition coefficient (Wildman–Crippen LogP) is 4.56. The van der Waals surface area contributed by atoms with E-state index in [0.29, 0.717) is 10.0 Å². The minimum Gasteiger partial charge on any atom is -0.345 e. The second-order valence-electron chi connectivity index (χ2n) is 3.42. The van der Waals surface area contributed by atoms with Crippen LogP contribution in [0.2, 0.25) is 10.0 Å². The molecule has 0 spiro atoms. The Kier molecular flexibility index (Phi) is 3.37. The first-order valence-corrected chi connectivity index (χ1v) is 5.59. The fraction of sp³-hybridized carbons (Fsp3) is 0.0769. The number of benzene rings is 2. The van der Waals surface area contributed by atoms with Gasteiger partial charge in [0.15, 0.2) is 0 Å². The third-order valence-electron chi connectivity index (χ3n) is 2.38. The van der Waals surface area contributed by atoms with Gasteiger partial charge in [0.25, 0.3) is 0 Å². The average Bonchev–Trinajstić information content (AvgIpc) is 2.33. The minimum absolute atomic E-state index is 0.563. The Hall–Kier alpha value is -1.18. The van der Waals surface area contributed by atoms with E-state index in [1.54, 1.807) is 6.07 Å². The van der Waals surface area contributed by atoms with Gasteiger partial charge in [0.1, 0.15) is 0 Å². The highest BCUT2D eigenvalue weighted by atomic mass is 35.5. The Morgan fingerprint density at radius 1 is 0.938 bits per heavy atom. The summed E-state index contributed by atoms with van der Waals surface area (Å²) in [5.74, 6) is 0. The van der Waals surface area contributed by atoms with Crippen LogP contribution < -0.4 is 4.90 Å². The van der Waals surface area contributed by atoms with Crippen molar-refractivity contribution in [3.63, 3.8) is 0 Å². The molecule has 0 saturated heterocycles. The van der Waals surface area contributed by atoms with Crippen LogP contribution in [0.5, 0.6) is 0 Å². The molecule has 0 N–H and O–H groups in total. The summed E-state index contributed by atoms with van der Waals surface area (Å²) in [5, 5.41) is 1.13. The van der Waals surface area contributed by atoms with E-state index in [2.05, 4.69) is 6.07 Å². The van der Waals surface area contributed by atoms with Gasteiger partial charge < -0.3 is 4.90 Å². The van der Waals surface area contributed by atoms with Crippen LogP contribution in [0.3, 0.4) is 0 Å². The molecule has 2 aromatic rings. The number of rotatable bonds is 2. The maximum atomic E-state index is 5.98. The van der Waals surface area contributed by atoms with Gasteiger partial charge in [0.05, 0.1) is 10.0 Å². The molecule has 0 atom stereocenters. The smallest absolute Gasteiger partial charge is 0.0613 e.